The molecule has 204 valence electrons. The van der Waals surface area contributed by atoms with Gasteiger partial charge in [0.1, 0.15) is 22.9 Å². The predicted octanol–water partition coefficient (Wildman–Crippen LogP) is 6.89. The zero-order valence-electron chi connectivity index (χ0n) is 23.6. The fourth-order valence-corrected chi connectivity index (χ4v) is 4.77. The first-order valence-corrected chi connectivity index (χ1v) is 13.3. The number of aliphatic hydroxyl groups is 1. The molecule has 3 aromatic carbocycles. The molecular weight excluding hydrogens is 490 g/mol. The standard InChI is InChI=1S/C33H37NO5/c1-7-17-38-27-16-13-25(19-22(27)3)30(35)28-29(24-10-8-9-21(2)18-24)34(32(37)31(28)36)20-23-11-14-26(15-12-23)39-33(4,5)6/h8-16,18-19,29,35H,7,17,20H2,1-6H3/b30-28-. The zero-order valence-corrected chi connectivity index (χ0v) is 23.6. The number of aliphatic hydroxyl groups excluding tert-OH is 1. The highest BCUT2D eigenvalue weighted by Gasteiger charge is 2.46. The molecule has 4 rings (SSSR count). The summed E-state index contributed by atoms with van der Waals surface area (Å²) in [7, 11) is 0. The largest absolute Gasteiger partial charge is 0.507 e. The summed E-state index contributed by atoms with van der Waals surface area (Å²) in [4.78, 5) is 28.4. The van der Waals surface area contributed by atoms with Gasteiger partial charge in [-0.1, -0.05) is 48.9 Å². The number of carbonyl (C=O) groups excluding carboxylic acids is 2. The second kappa shape index (κ2) is 11.4. The van der Waals surface area contributed by atoms with E-state index < -0.39 is 17.7 Å². The van der Waals surface area contributed by atoms with Gasteiger partial charge >= 0.3 is 0 Å². The van der Waals surface area contributed by atoms with Crippen molar-refractivity contribution in [3.8, 4) is 11.5 Å². The summed E-state index contributed by atoms with van der Waals surface area (Å²) in [5.41, 5.74) is 3.68. The first-order valence-electron chi connectivity index (χ1n) is 13.3. The monoisotopic (exact) mass is 527 g/mol. The van der Waals surface area contributed by atoms with Crippen LogP contribution in [0.3, 0.4) is 0 Å². The quantitative estimate of drug-likeness (QED) is 0.196. The fraction of sp³-hybridized carbons (Fsp3) is 0.333. The van der Waals surface area contributed by atoms with Crippen LogP contribution < -0.4 is 9.47 Å². The van der Waals surface area contributed by atoms with E-state index in [4.69, 9.17) is 9.47 Å². The van der Waals surface area contributed by atoms with Crippen molar-refractivity contribution in [1.82, 2.24) is 4.90 Å². The Labute approximate surface area is 230 Å². The van der Waals surface area contributed by atoms with Crippen LogP contribution in [0, 0.1) is 13.8 Å². The average molecular weight is 528 g/mol. The highest BCUT2D eigenvalue weighted by Crippen LogP contribution is 2.41. The van der Waals surface area contributed by atoms with Crippen LogP contribution in [0.15, 0.2) is 72.3 Å². The number of nitrogens with zero attached hydrogens (tertiary/aromatic N) is 1. The molecule has 6 heteroatoms. The van der Waals surface area contributed by atoms with E-state index in [1.165, 1.54) is 4.90 Å². The summed E-state index contributed by atoms with van der Waals surface area (Å²) >= 11 is 0. The number of hydrogen-bond acceptors (Lipinski definition) is 5. The minimum Gasteiger partial charge on any atom is -0.507 e. The van der Waals surface area contributed by atoms with Crippen molar-refractivity contribution in [2.45, 2.75) is 66.2 Å². The molecule has 1 amide bonds. The third-order valence-corrected chi connectivity index (χ3v) is 6.51. The Morgan fingerprint density at radius 3 is 2.31 bits per heavy atom. The molecule has 6 nitrogen and oxygen atoms in total. The zero-order chi connectivity index (χ0) is 28.3. The normalized spacial score (nSPS) is 17.0. The molecule has 1 saturated heterocycles. The molecule has 1 aliphatic rings. The second-order valence-corrected chi connectivity index (χ2v) is 11.0. The molecule has 1 atom stereocenters. The lowest BCUT2D eigenvalue weighted by Gasteiger charge is -2.26. The summed E-state index contributed by atoms with van der Waals surface area (Å²) in [5.74, 6) is -0.0805. The Kier molecular flexibility index (Phi) is 8.14. The van der Waals surface area contributed by atoms with Gasteiger partial charge in [0, 0.05) is 12.1 Å². The molecule has 0 saturated carbocycles. The second-order valence-electron chi connectivity index (χ2n) is 11.0. The maximum atomic E-state index is 13.4. The van der Waals surface area contributed by atoms with Crippen molar-refractivity contribution in [1.29, 1.82) is 0 Å². The molecule has 1 aliphatic heterocycles. The van der Waals surface area contributed by atoms with E-state index in [-0.39, 0.29) is 23.5 Å². The minimum atomic E-state index is -0.730. The van der Waals surface area contributed by atoms with Gasteiger partial charge in [0.15, 0.2) is 0 Å². The van der Waals surface area contributed by atoms with Crippen molar-refractivity contribution in [2.24, 2.45) is 0 Å². The maximum Gasteiger partial charge on any atom is 0.295 e. The van der Waals surface area contributed by atoms with Crippen LogP contribution in [0.5, 0.6) is 11.5 Å². The highest BCUT2D eigenvalue weighted by molar-refractivity contribution is 6.46. The van der Waals surface area contributed by atoms with Gasteiger partial charge in [-0.25, -0.2) is 0 Å². The number of likely N-dealkylation sites (tertiary alicyclic amines) is 1. The molecule has 1 unspecified atom stereocenters. The Bertz CT molecular complexity index is 1400. The molecule has 1 fully saturated rings. The van der Waals surface area contributed by atoms with Gasteiger partial charge in [0.2, 0.25) is 0 Å². The summed E-state index contributed by atoms with van der Waals surface area (Å²) in [6.07, 6.45) is 0.882. The van der Waals surface area contributed by atoms with Crippen LogP contribution in [-0.4, -0.2) is 33.9 Å². The molecule has 0 bridgehead atoms. The molecule has 1 heterocycles. The average Bonchev–Trinajstić information content (AvgIpc) is 3.12. The van der Waals surface area contributed by atoms with Crippen LogP contribution in [0.2, 0.25) is 0 Å². The van der Waals surface area contributed by atoms with Crippen molar-refractivity contribution < 1.29 is 24.2 Å². The molecular formula is C33H37NO5. The minimum absolute atomic E-state index is 0.0833. The first-order chi connectivity index (χ1) is 18.5. The summed E-state index contributed by atoms with van der Waals surface area (Å²) in [5, 5.41) is 11.5. The van der Waals surface area contributed by atoms with Gasteiger partial charge < -0.3 is 19.5 Å². The number of hydrogen-bond donors (Lipinski definition) is 1. The molecule has 0 aromatic heterocycles. The maximum absolute atomic E-state index is 13.4. The number of ether oxygens (including phenoxy) is 2. The van der Waals surface area contributed by atoms with Crippen molar-refractivity contribution >= 4 is 17.4 Å². The van der Waals surface area contributed by atoms with E-state index in [0.29, 0.717) is 12.2 Å². The van der Waals surface area contributed by atoms with Gasteiger partial charge in [-0.2, -0.15) is 0 Å². The number of rotatable bonds is 8. The number of benzene rings is 3. The van der Waals surface area contributed by atoms with E-state index >= 15 is 0 Å². The molecule has 3 aromatic rings. The molecule has 39 heavy (non-hydrogen) atoms. The van der Waals surface area contributed by atoms with E-state index in [1.807, 2.05) is 90.1 Å². The van der Waals surface area contributed by atoms with E-state index in [0.717, 1.165) is 40.2 Å². The Hall–Kier alpha value is -4.06. The van der Waals surface area contributed by atoms with Crippen LogP contribution in [-0.2, 0) is 16.1 Å². The Morgan fingerprint density at radius 2 is 1.69 bits per heavy atom. The molecule has 0 spiro atoms. The Balaban J connectivity index is 1.75. The lowest BCUT2D eigenvalue weighted by atomic mass is 9.94. The summed E-state index contributed by atoms with van der Waals surface area (Å²) < 4.78 is 11.7. The number of Topliss-reactive ketones (excluding diaryl/α,β-unsaturated/α-hetero) is 1. The molecule has 0 aliphatic carbocycles. The third kappa shape index (κ3) is 6.33. The number of ketones is 1. The molecule has 0 radical (unpaired) electrons. The van der Waals surface area contributed by atoms with Gasteiger partial charge in [0.05, 0.1) is 18.2 Å². The van der Waals surface area contributed by atoms with Crippen molar-refractivity contribution in [2.75, 3.05) is 6.61 Å². The van der Waals surface area contributed by atoms with E-state index in [2.05, 4.69) is 0 Å². The van der Waals surface area contributed by atoms with E-state index in [1.54, 1.807) is 18.2 Å². The number of amides is 1. The highest BCUT2D eigenvalue weighted by atomic mass is 16.5. The summed E-state index contributed by atoms with van der Waals surface area (Å²) in [6.45, 7) is 12.6. The third-order valence-electron chi connectivity index (χ3n) is 6.51. The lowest BCUT2D eigenvalue weighted by Crippen LogP contribution is -2.29. The van der Waals surface area contributed by atoms with Gasteiger partial charge in [-0.15, -0.1) is 0 Å². The van der Waals surface area contributed by atoms with Crippen molar-refractivity contribution in [3.63, 3.8) is 0 Å². The number of aryl methyl sites for hydroxylation is 2. The van der Waals surface area contributed by atoms with Crippen LogP contribution in [0.4, 0.5) is 0 Å². The number of carbonyl (C=O) groups is 2. The first kappa shape index (κ1) is 28.0. The Morgan fingerprint density at radius 1 is 0.974 bits per heavy atom. The van der Waals surface area contributed by atoms with Crippen LogP contribution in [0.1, 0.15) is 68.0 Å². The van der Waals surface area contributed by atoms with Gasteiger partial charge in [0.25, 0.3) is 11.7 Å². The van der Waals surface area contributed by atoms with Gasteiger partial charge in [-0.05, 0) is 88.1 Å². The topological polar surface area (TPSA) is 76.1 Å². The van der Waals surface area contributed by atoms with Crippen LogP contribution in [0.25, 0.3) is 5.76 Å². The van der Waals surface area contributed by atoms with Crippen LogP contribution >= 0.6 is 0 Å². The molecule has 1 N–H and O–H groups in total. The van der Waals surface area contributed by atoms with E-state index in [9.17, 15) is 14.7 Å². The lowest BCUT2D eigenvalue weighted by molar-refractivity contribution is -0.140. The summed E-state index contributed by atoms with van der Waals surface area (Å²) in [6, 6.07) is 19.8. The van der Waals surface area contributed by atoms with Gasteiger partial charge in [-0.3, -0.25) is 9.59 Å². The van der Waals surface area contributed by atoms with Crippen molar-refractivity contribution in [3.05, 3.63) is 100 Å². The predicted molar refractivity (Wildman–Crippen MR) is 153 cm³/mol. The fourth-order valence-electron chi connectivity index (χ4n) is 4.77. The SMILES string of the molecule is CCCOc1ccc(/C(O)=C2/C(=O)C(=O)N(Cc3ccc(OC(C)(C)C)cc3)C2c2cccc(C)c2)cc1C. The smallest absolute Gasteiger partial charge is 0.295 e.